The number of carbonyl (C=O) groups is 1. The van der Waals surface area contributed by atoms with E-state index >= 15 is 0 Å². The number of nitrogens with one attached hydrogen (secondary N) is 1. The summed E-state index contributed by atoms with van der Waals surface area (Å²) in [4.78, 5) is 12.0. The molecule has 0 unspecified atom stereocenters. The Hall–Kier alpha value is -2.66. The van der Waals surface area contributed by atoms with Gasteiger partial charge in [0.05, 0.1) is 23.8 Å². The van der Waals surface area contributed by atoms with E-state index in [1.807, 2.05) is 0 Å². The molecule has 0 saturated heterocycles. The normalized spacial score (nSPS) is 23.3. The Bertz CT molecular complexity index is 1110. The molecule has 4 nitrogen and oxygen atoms in total. The predicted octanol–water partition coefficient (Wildman–Crippen LogP) is 6.97. The van der Waals surface area contributed by atoms with E-state index in [1.54, 1.807) is 12.1 Å². The van der Waals surface area contributed by atoms with Gasteiger partial charge in [-0.25, -0.2) is 4.39 Å². The van der Waals surface area contributed by atoms with Crippen LogP contribution < -0.4 is 5.32 Å². The standard InChI is InChI=1S/C28H30F7NO3/c29-22-6-3-18(4-7-22)24-19(16-36-26(25(37)38)10-1-2-11-26)5-8-23(24)39-12-9-17-13-20(27(30,31)32)15-21(14-17)28(33,34)35/h3-4,6-7,13-15,19,23-24,36H,1-2,5,8-12,16H2,(H,37,38)/t19-,23-,24-/m0/s1. The Morgan fingerprint density at radius 1 is 0.949 bits per heavy atom. The van der Waals surface area contributed by atoms with E-state index in [0.29, 0.717) is 44.4 Å². The van der Waals surface area contributed by atoms with Crippen molar-refractivity contribution in [2.45, 2.75) is 74.9 Å². The molecule has 0 spiro atoms. The number of halogens is 7. The van der Waals surface area contributed by atoms with Crippen LogP contribution in [0.2, 0.25) is 0 Å². The lowest BCUT2D eigenvalue weighted by atomic mass is 9.86. The third-order valence-corrected chi connectivity index (χ3v) is 7.92. The van der Waals surface area contributed by atoms with Gasteiger partial charge in [-0.1, -0.05) is 25.0 Å². The van der Waals surface area contributed by atoms with Gasteiger partial charge in [0.15, 0.2) is 0 Å². The average Bonchev–Trinajstić information content (AvgIpc) is 3.50. The highest BCUT2D eigenvalue weighted by Crippen LogP contribution is 2.43. The maximum absolute atomic E-state index is 13.6. The summed E-state index contributed by atoms with van der Waals surface area (Å²) in [6, 6.07) is 7.37. The van der Waals surface area contributed by atoms with E-state index in [9.17, 15) is 40.6 Å². The Balaban J connectivity index is 1.48. The fourth-order valence-electron chi connectivity index (χ4n) is 5.89. The summed E-state index contributed by atoms with van der Waals surface area (Å²) < 4.78 is 98.9. The summed E-state index contributed by atoms with van der Waals surface area (Å²) in [5, 5.41) is 13.0. The molecule has 2 saturated carbocycles. The number of aliphatic carboxylic acids is 1. The van der Waals surface area contributed by atoms with Gasteiger partial charge < -0.3 is 15.2 Å². The van der Waals surface area contributed by atoms with E-state index < -0.39 is 46.9 Å². The van der Waals surface area contributed by atoms with Crippen molar-refractivity contribution in [3.05, 3.63) is 70.5 Å². The quantitative estimate of drug-likeness (QED) is 0.325. The van der Waals surface area contributed by atoms with Crippen LogP contribution in [0.5, 0.6) is 0 Å². The summed E-state index contributed by atoms with van der Waals surface area (Å²) in [5.74, 6) is -1.63. The summed E-state index contributed by atoms with van der Waals surface area (Å²) in [5.41, 5.74) is -3.10. The van der Waals surface area contributed by atoms with Crippen molar-refractivity contribution in [1.29, 1.82) is 0 Å². The van der Waals surface area contributed by atoms with Crippen LogP contribution >= 0.6 is 0 Å². The first-order chi connectivity index (χ1) is 18.3. The third-order valence-electron chi connectivity index (χ3n) is 7.92. The zero-order valence-electron chi connectivity index (χ0n) is 21.0. The smallest absolute Gasteiger partial charge is 0.416 e. The molecule has 2 N–H and O–H groups in total. The van der Waals surface area contributed by atoms with Crippen molar-refractivity contribution >= 4 is 5.97 Å². The lowest BCUT2D eigenvalue weighted by molar-refractivity contribution is -0.145. The maximum atomic E-state index is 13.6. The first-order valence-corrected chi connectivity index (χ1v) is 12.9. The molecule has 0 amide bonds. The van der Waals surface area contributed by atoms with Gasteiger partial charge in [-0.05, 0) is 86.0 Å². The van der Waals surface area contributed by atoms with E-state index in [-0.39, 0.29) is 36.5 Å². The predicted molar refractivity (Wildman–Crippen MR) is 129 cm³/mol. The lowest BCUT2D eigenvalue weighted by Crippen LogP contribution is -2.51. The van der Waals surface area contributed by atoms with E-state index in [1.165, 1.54) is 12.1 Å². The van der Waals surface area contributed by atoms with Crippen LogP contribution in [0.15, 0.2) is 42.5 Å². The number of carboxylic acids is 1. The van der Waals surface area contributed by atoms with Gasteiger partial charge in [-0.2, -0.15) is 26.3 Å². The van der Waals surface area contributed by atoms with Crippen LogP contribution in [0.1, 0.15) is 66.7 Å². The number of hydrogen-bond acceptors (Lipinski definition) is 3. The maximum Gasteiger partial charge on any atom is 0.416 e. The second-order valence-corrected chi connectivity index (χ2v) is 10.5. The number of ether oxygens (including phenoxy) is 1. The van der Waals surface area contributed by atoms with Crippen LogP contribution in [0.25, 0.3) is 0 Å². The molecule has 39 heavy (non-hydrogen) atoms. The average molecular weight is 562 g/mol. The van der Waals surface area contributed by atoms with E-state index in [2.05, 4.69) is 5.32 Å². The van der Waals surface area contributed by atoms with Crippen molar-refractivity contribution in [3.8, 4) is 0 Å². The first-order valence-electron chi connectivity index (χ1n) is 12.9. The van der Waals surface area contributed by atoms with Gasteiger partial charge >= 0.3 is 18.3 Å². The molecule has 3 atom stereocenters. The molecule has 4 rings (SSSR count). The van der Waals surface area contributed by atoms with Crippen molar-refractivity contribution in [2.24, 2.45) is 5.92 Å². The highest BCUT2D eigenvalue weighted by molar-refractivity contribution is 5.79. The van der Waals surface area contributed by atoms with Crippen LogP contribution in [0.3, 0.4) is 0 Å². The van der Waals surface area contributed by atoms with E-state index in [4.69, 9.17) is 4.74 Å². The zero-order chi connectivity index (χ0) is 28.4. The van der Waals surface area contributed by atoms with Gasteiger partial charge in [0.25, 0.3) is 0 Å². The SMILES string of the molecule is O=C(O)C1(NC[C@@H]2CC[C@H](OCCc3cc(C(F)(F)F)cc(C(F)(F)F)c3)[C@H]2c2ccc(F)cc2)CCCC1. The molecule has 2 aromatic carbocycles. The molecule has 2 fully saturated rings. The molecule has 214 valence electrons. The molecule has 0 aliphatic heterocycles. The number of benzene rings is 2. The zero-order valence-corrected chi connectivity index (χ0v) is 21.0. The molecule has 0 bridgehead atoms. The Kier molecular flexibility index (Phi) is 8.61. The van der Waals surface area contributed by atoms with Crippen LogP contribution in [-0.4, -0.2) is 35.9 Å². The second kappa shape index (κ2) is 11.4. The lowest BCUT2D eigenvalue weighted by Gasteiger charge is -2.31. The molecule has 2 aliphatic carbocycles. The second-order valence-electron chi connectivity index (χ2n) is 10.5. The fraction of sp³-hybridized carbons (Fsp3) is 0.536. The minimum absolute atomic E-state index is 0.0531. The number of rotatable bonds is 9. The topological polar surface area (TPSA) is 58.6 Å². The first kappa shape index (κ1) is 29.3. The Labute approximate surface area is 221 Å². The van der Waals surface area contributed by atoms with E-state index in [0.717, 1.165) is 18.4 Å². The van der Waals surface area contributed by atoms with Gasteiger partial charge in [-0.15, -0.1) is 0 Å². The number of alkyl halides is 6. The summed E-state index contributed by atoms with van der Waals surface area (Å²) in [7, 11) is 0. The molecule has 2 aliphatic rings. The summed E-state index contributed by atoms with van der Waals surface area (Å²) in [6.45, 7) is 0.275. The van der Waals surface area contributed by atoms with Crippen LogP contribution in [0, 0.1) is 11.7 Å². The highest BCUT2D eigenvalue weighted by atomic mass is 19.4. The number of hydrogen-bond donors (Lipinski definition) is 2. The minimum atomic E-state index is -4.93. The van der Waals surface area contributed by atoms with Gasteiger partial charge in [-0.3, -0.25) is 4.79 Å². The Morgan fingerprint density at radius 3 is 2.08 bits per heavy atom. The van der Waals surface area contributed by atoms with Gasteiger partial charge in [0.2, 0.25) is 0 Å². The summed E-state index contributed by atoms with van der Waals surface area (Å²) >= 11 is 0. The summed E-state index contributed by atoms with van der Waals surface area (Å²) in [6.07, 6.45) is -6.55. The molecule has 11 heteroatoms. The minimum Gasteiger partial charge on any atom is -0.480 e. The molecule has 0 radical (unpaired) electrons. The number of carboxylic acid groups (broad SMARTS) is 1. The van der Waals surface area contributed by atoms with Gasteiger partial charge in [0.1, 0.15) is 11.4 Å². The fourth-order valence-corrected chi connectivity index (χ4v) is 5.89. The molecule has 0 aromatic heterocycles. The molecule has 0 heterocycles. The largest absolute Gasteiger partial charge is 0.480 e. The van der Waals surface area contributed by atoms with Crippen LogP contribution in [-0.2, 0) is 28.3 Å². The van der Waals surface area contributed by atoms with Gasteiger partial charge in [0, 0.05) is 5.92 Å². The Morgan fingerprint density at radius 2 is 1.54 bits per heavy atom. The third kappa shape index (κ3) is 6.92. The molecular weight excluding hydrogens is 531 g/mol. The van der Waals surface area contributed by atoms with Crippen molar-refractivity contribution < 1.29 is 45.4 Å². The molecule has 2 aromatic rings. The van der Waals surface area contributed by atoms with Crippen LogP contribution in [0.4, 0.5) is 30.7 Å². The van der Waals surface area contributed by atoms with Crippen molar-refractivity contribution in [3.63, 3.8) is 0 Å². The van der Waals surface area contributed by atoms with Crippen molar-refractivity contribution in [1.82, 2.24) is 5.32 Å². The molecular formula is C28H30F7NO3. The monoisotopic (exact) mass is 561 g/mol. The highest BCUT2D eigenvalue weighted by Gasteiger charge is 2.44. The van der Waals surface area contributed by atoms with Crippen molar-refractivity contribution in [2.75, 3.05) is 13.2 Å².